The van der Waals surface area contributed by atoms with Crippen molar-refractivity contribution in [2.45, 2.75) is 19.4 Å². The highest BCUT2D eigenvalue weighted by Gasteiger charge is 2.20. The zero-order chi connectivity index (χ0) is 21.3. The summed E-state index contributed by atoms with van der Waals surface area (Å²) in [6.07, 6.45) is 4.97. The van der Waals surface area contributed by atoms with E-state index in [-0.39, 0.29) is 17.7 Å². The molecule has 0 saturated carbocycles. The van der Waals surface area contributed by atoms with Crippen LogP contribution < -0.4 is 14.2 Å². The summed E-state index contributed by atoms with van der Waals surface area (Å²) in [4.78, 5) is 12.9. The number of sulfonamides is 1. The van der Waals surface area contributed by atoms with Crippen LogP contribution in [-0.2, 0) is 14.8 Å². The van der Waals surface area contributed by atoms with Gasteiger partial charge >= 0.3 is 0 Å². The number of fused-ring (bicyclic) bond motifs is 1. The van der Waals surface area contributed by atoms with Gasteiger partial charge in [0.25, 0.3) is 0 Å². The molecule has 0 radical (unpaired) electrons. The summed E-state index contributed by atoms with van der Waals surface area (Å²) in [5.41, 5.74) is 3.27. The van der Waals surface area contributed by atoms with Crippen LogP contribution in [0, 0.1) is 6.92 Å². The molecular formula is C20H22N4O5S. The van der Waals surface area contributed by atoms with Crippen molar-refractivity contribution < 1.29 is 22.6 Å². The maximum absolute atomic E-state index is 11.7. The van der Waals surface area contributed by atoms with Crippen LogP contribution in [0.25, 0.3) is 22.0 Å². The maximum atomic E-state index is 11.7. The first-order chi connectivity index (χ1) is 14.3. The molecule has 1 N–H and O–H groups in total. The lowest BCUT2D eigenvalue weighted by Gasteiger charge is -2.16. The molecule has 1 atom stereocenters. The summed E-state index contributed by atoms with van der Waals surface area (Å²) in [6, 6.07) is 5.49. The molecule has 158 valence electrons. The monoisotopic (exact) mass is 430 g/mol. The number of ether oxygens (including phenoxy) is 3. The van der Waals surface area contributed by atoms with Gasteiger partial charge in [0.05, 0.1) is 26.6 Å². The molecule has 3 heterocycles. The molecule has 2 aromatic heterocycles. The first-order valence-corrected chi connectivity index (χ1v) is 11.2. The number of pyridine rings is 1. The molecule has 4 rings (SSSR count). The summed E-state index contributed by atoms with van der Waals surface area (Å²) < 4.78 is 42.7. The molecule has 0 unspecified atom stereocenters. The fourth-order valence-corrected chi connectivity index (χ4v) is 3.89. The van der Waals surface area contributed by atoms with Crippen molar-refractivity contribution in [2.75, 3.05) is 31.3 Å². The summed E-state index contributed by atoms with van der Waals surface area (Å²) in [6.45, 7) is 3.10. The van der Waals surface area contributed by atoms with Crippen LogP contribution in [0.1, 0.15) is 12.1 Å². The number of hydrogen-bond acceptors (Lipinski definition) is 8. The quantitative estimate of drug-likeness (QED) is 0.635. The Morgan fingerprint density at radius 1 is 1.17 bits per heavy atom. The standard InChI is InChI=1S/C20H22N4O5S/c1-12-16-6-13(14-7-17(24-30(3,25)26)20(27-2)21-9-14)8-18(19(16)23-11-22-12)29-15-4-5-28-10-15/h6-9,11,15,24H,4-5,10H2,1-3H3/t15-/m0/s1. The van der Waals surface area contributed by atoms with E-state index in [1.54, 1.807) is 12.3 Å². The number of nitrogens with zero attached hydrogens (tertiary/aromatic N) is 3. The van der Waals surface area contributed by atoms with Gasteiger partial charge in [0.1, 0.15) is 29.4 Å². The van der Waals surface area contributed by atoms with Gasteiger partial charge in [-0.15, -0.1) is 0 Å². The van der Waals surface area contributed by atoms with Crippen LogP contribution >= 0.6 is 0 Å². The minimum atomic E-state index is -3.50. The lowest BCUT2D eigenvalue weighted by atomic mass is 10.0. The molecule has 3 aromatic rings. The molecular weight excluding hydrogens is 408 g/mol. The summed E-state index contributed by atoms with van der Waals surface area (Å²) >= 11 is 0. The summed E-state index contributed by atoms with van der Waals surface area (Å²) in [5.74, 6) is 0.806. The average molecular weight is 430 g/mol. The molecule has 30 heavy (non-hydrogen) atoms. The van der Waals surface area contributed by atoms with E-state index in [2.05, 4.69) is 19.7 Å². The molecule has 1 aromatic carbocycles. The van der Waals surface area contributed by atoms with E-state index in [0.717, 1.165) is 29.3 Å². The Morgan fingerprint density at radius 2 is 2.00 bits per heavy atom. The van der Waals surface area contributed by atoms with Crippen molar-refractivity contribution in [3.8, 4) is 22.8 Å². The van der Waals surface area contributed by atoms with Gasteiger partial charge in [-0.1, -0.05) is 0 Å². The van der Waals surface area contributed by atoms with Gasteiger partial charge in [0, 0.05) is 29.3 Å². The SMILES string of the molecule is COc1ncc(-c2cc(O[C@H]3CCOC3)c3ncnc(C)c3c2)cc1NS(C)(=O)=O. The van der Waals surface area contributed by atoms with Gasteiger partial charge in [0.2, 0.25) is 15.9 Å². The third-order valence-electron chi connectivity index (χ3n) is 4.76. The second kappa shape index (κ2) is 8.04. The average Bonchev–Trinajstić information content (AvgIpc) is 3.20. The Kier molecular flexibility index (Phi) is 5.44. The van der Waals surface area contributed by atoms with Crippen LogP contribution in [0.15, 0.2) is 30.7 Å². The smallest absolute Gasteiger partial charge is 0.238 e. The van der Waals surface area contributed by atoms with Crippen LogP contribution in [0.4, 0.5) is 5.69 Å². The van der Waals surface area contributed by atoms with Crippen molar-refractivity contribution in [1.82, 2.24) is 15.0 Å². The number of aryl methyl sites for hydroxylation is 1. The highest BCUT2D eigenvalue weighted by Crippen LogP contribution is 2.35. The highest BCUT2D eigenvalue weighted by atomic mass is 32.2. The van der Waals surface area contributed by atoms with Crippen LogP contribution in [0.5, 0.6) is 11.6 Å². The Morgan fingerprint density at radius 3 is 2.70 bits per heavy atom. The van der Waals surface area contributed by atoms with Crippen molar-refractivity contribution in [3.05, 3.63) is 36.4 Å². The molecule has 1 aliphatic rings. The van der Waals surface area contributed by atoms with Crippen molar-refractivity contribution in [3.63, 3.8) is 0 Å². The highest BCUT2D eigenvalue weighted by molar-refractivity contribution is 7.92. The molecule has 1 aliphatic heterocycles. The van der Waals surface area contributed by atoms with Crippen LogP contribution in [0.2, 0.25) is 0 Å². The number of benzene rings is 1. The fourth-order valence-electron chi connectivity index (χ4n) is 3.35. The minimum Gasteiger partial charge on any atom is -0.486 e. The van der Waals surface area contributed by atoms with E-state index >= 15 is 0 Å². The molecule has 0 amide bonds. The largest absolute Gasteiger partial charge is 0.486 e. The van der Waals surface area contributed by atoms with Gasteiger partial charge in [-0.3, -0.25) is 4.72 Å². The lowest BCUT2D eigenvalue weighted by molar-refractivity contribution is 0.142. The van der Waals surface area contributed by atoms with Gasteiger partial charge in [-0.2, -0.15) is 0 Å². The van der Waals surface area contributed by atoms with E-state index in [0.29, 0.717) is 30.0 Å². The number of anilines is 1. The third kappa shape index (κ3) is 4.29. The minimum absolute atomic E-state index is 0.0461. The number of rotatable bonds is 6. The Bertz CT molecular complexity index is 1190. The first-order valence-electron chi connectivity index (χ1n) is 9.36. The van der Waals surface area contributed by atoms with E-state index in [1.165, 1.54) is 13.4 Å². The second-order valence-electron chi connectivity index (χ2n) is 7.09. The zero-order valence-electron chi connectivity index (χ0n) is 16.9. The van der Waals surface area contributed by atoms with Gasteiger partial charge < -0.3 is 14.2 Å². The Balaban J connectivity index is 1.84. The van der Waals surface area contributed by atoms with Gasteiger partial charge in [0.15, 0.2) is 0 Å². The summed E-state index contributed by atoms with van der Waals surface area (Å²) in [7, 11) is -2.07. The van der Waals surface area contributed by atoms with E-state index in [4.69, 9.17) is 14.2 Å². The molecule has 10 heteroatoms. The molecule has 0 spiro atoms. The Hall–Kier alpha value is -2.98. The van der Waals surface area contributed by atoms with Gasteiger partial charge in [-0.05, 0) is 30.7 Å². The number of methoxy groups -OCH3 is 1. The lowest BCUT2D eigenvalue weighted by Crippen LogP contribution is -2.16. The molecule has 1 fully saturated rings. The predicted octanol–water partition coefficient (Wildman–Crippen LogP) is 2.55. The van der Waals surface area contributed by atoms with E-state index in [1.807, 2.05) is 19.1 Å². The number of aromatic nitrogens is 3. The number of hydrogen-bond donors (Lipinski definition) is 1. The second-order valence-corrected chi connectivity index (χ2v) is 8.84. The van der Waals surface area contributed by atoms with Gasteiger partial charge in [-0.25, -0.2) is 23.4 Å². The molecule has 1 saturated heterocycles. The summed E-state index contributed by atoms with van der Waals surface area (Å²) in [5, 5.41) is 0.845. The Labute approximate surface area is 174 Å². The maximum Gasteiger partial charge on any atom is 0.238 e. The van der Waals surface area contributed by atoms with Crippen LogP contribution in [0.3, 0.4) is 0 Å². The number of nitrogens with one attached hydrogen (secondary N) is 1. The molecule has 0 aliphatic carbocycles. The van der Waals surface area contributed by atoms with Crippen molar-refractivity contribution >= 4 is 26.6 Å². The fraction of sp³-hybridized carbons (Fsp3) is 0.350. The van der Waals surface area contributed by atoms with E-state index < -0.39 is 10.0 Å². The normalized spacial score (nSPS) is 16.6. The topological polar surface area (TPSA) is 113 Å². The third-order valence-corrected chi connectivity index (χ3v) is 5.35. The molecule has 9 nitrogen and oxygen atoms in total. The zero-order valence-corrected chi connectivity index (χ0v) is 17.7. The van der Waals surface area contributed by atoms with E-state index in [9.17, 15) is 8.42 Å². The molecule has 0 bridgehead atoms. The van der Waals surface area contributed by atoms with Crippen molar-refractivity contribution in [1.29, 1.82) is 0 Å². The van der Waals surface area contributed by atoms with Crippen molar-refractivity contribution in [2.24, 2.45) is 0 Å². The van der Waals surface area contributed by atoms with Crippen LogP contribution in [-0.4, -0.2) is 56.1 Å². The predicted molar refractivity (Wildman–Crippen MR) is 112 cm³/mol. The first kappa shape index (κ1) is 20.3.